The molecule has 1 aromatic carbocycles. The van der Waals surface area contributed by atoms with E-state index in [1.807, 2.05) is 20.8 Å². The molecule has 1 aliphatic carbocycles. The molecule has 1 unspecified atom stereocenters. The molecule has 36 heavy (non-hydrogen) atoms. The fraction of sp³-hybridized carbons (Fsp3) is 0.741. The van der Waals surface area contributed by atoms with Gasteiger partial charge in [0.25, 0.3) is 0 Å². The number of thioether (sulfide) groups is 1. The van der Waals surface area contributed by atoms with Gasteiger partial charge in [-0.05, 0) is 83.3 Å². The number of carbonyl (C=O) groups excluding carboxylic acids is 1. The smallest absolute Gasteiger partial charge is 0.233 e. The number of carbonyl (C=O) groups is 1. The molecule has 0 aromatic heterocycles. The molecule has 3 aliphatic rings. The average Bonchev–Trinajstić information content (AvgIpc) is 3.09. The van der Waals surface area contributed by atoms with Crippen molar-refractivity contribution in [1.29, 1.82) is 0 Å². The van der Waals surface area contributed by atoms with Gasteiger partial charge in [-0.15, -0.1) is 11.8 Å². The molecule has 2 bridgehead atoms. The van der Waals surface area contributed by atoms with Crippen molar-refractivity contribution in [2.45, 2.75) is 113 Å². The number of piperidine rings is 1. The number of rotatable bonds is 8. The molecule has 3 fully saturated rings. The van der Waals surface area contributed by atoms with Crippen LogP contribution in [-0.4, -0.2) is 48.9 Å². The Morgan fingerprint density at radius 1 is 1.03 bits per heavy atom. The third-order valence-electron chi connectivity index (χ3n) is 7.97. The van der Waals surface area contributed by atoms with E-state index >= 15 is 0 Å². The summed E-state index contributed by atoms with van der Waals surface area (Å²) in [5.41, 5.74) is 0.0760. The van der Waals surface area contributed by atoms with Gasteiger partial charge in [-0.1, -0.05) is 19.3 Å². The summed E-state index contributed by atoms with van der Waals surface area (Å²) >= 11 is 1.80. The first-order valence-corrected chi connectivity index (χ1v) is 15.5. The third-order valence-corrected chi connectivity index (χ3v) is 11.0. The van der Waals surface area contributed by atoms with Crippen LogP contribution in [0.2, 0.25) is 0 Å². The molecule has 0 spiro atoms. The second-order valence-corrected chi connectivity index (χ2v) is 14.9. The topological polar surface area (TPSA) is 49.4 Å². The fourth-order valence-corrected chi connectivity index (χ4v) is 8.12. The Hall–Kier alpha value is -1.06. The quantitative estimate of drug-likeness (QED) is 0.415. The zero-order valence-corrected chi connectivity index (χ0v) is 23.2. The zero-order valence-electron chi connectivity index (χ0n) is 21.5. The Bertz CT molecular complexity index is 951. The maximum absolute atomic E-state index is 14.5. The summed E-state index contributed by atoms with van der Waals surface area (Å²) in [6, 6.07) is 1.36. The summed E-state index contributed by atoms with van der Waals surface area (Å²) in [5, 5.41) is 0.588. The molecule has 4 nitrogen and oxygen atoms in total. The van der Waals surface area contributed by atoms with Crippen molar-refractivity contribution >= 4 is 28.7 Å². The third kappa shape index (κ3) is 6.68. The number of hydrogen-bond acceptors (Lipinski definition) is 3. The molecule has 2 aliphatic heterocycles. The van der Waals surface area contributed by atoms with Crippen molar-refractivity contribution in [1.82, 2.24) is 9.62 Å². The van der Waals surface area contributed by atoms with E-state index in [-0.39, 0.29) is 41.9 Å². The Morgan fingerprint density at radius 3 is 2.25 bits per heavy atom. The molecule has 1 N–H and O–H groups in total. The van der Waals surface area contributed by atoms with Gasteiger partial charge in [0.15, 0.2) is 11.6 Å². The van der Waals surface area contributed by atoms with Crippen LogP contribution in [0.1, 0.15) is 84.1 Å². The summed E-state index contributed by atoms with van der Waals surface area (Å²) in [4.78, 5) is 15.3. The minimum atomic E-state index is -1.41. The Labute approximate surface area is 220 Å². The van der Waals surface area contributed by atoms with Gasteiger partial charge in [0.05, 0.1) is 21.5 Å². The molecule has 1 amide bonds. The number of benzene rings is 1. The van der Waals surface area contributed by atoms with Gasteiger partial charge in [-0.2, -0.15) is 0 Å². The van der Waals surface area contributed by atoms with Gasteiger partial charge < -0.3 is 4.90 Å². The molecular formula is C27H39F3N2O2S2. The molecule has 2 heterocycles. The van der Waals surface area contributed by atoms with E-state index in [2.05, 4.69) is 9.62 Å². The Balaban J connectivity index is 1.46. The zero-order chi connectivity index (χ0) is 26.0. The van der Waals surface area contributed by atoms with Gasteiger partial charge in [0.2, 0.25) is 5.91 Å². The first-order valence-electron chi connectivity index (χ1n) is 13.3. The van der Waals surface area contributed by atoms with E-state index in [4.69, 9.17) is 0 Å². The first kappa shape index (κ1) is 28.0. The lowest BCUT2D eigenvalue weighted by molar-refractivity contribution is -0.133. The number of halogens is 3. The van der Waals surface area contributed by atoms with Crippen LogP contribution in [0, 0.1) is 23.4 Å². The summed E-state index contributed by atoms with van der Waals surface area (Å²) in [6.07, 6.45) is 9.67. The van der Waals surface area contributed by atoms with Gasteiger partial charge in [0, 0.05) is 29.4 Å². The minimum Gasteiger partial charge on any atom is -0.336 e. The minimum absolute atomic E-state index is 0.0522. The molecular weight excluding hydrogens is 505 g/mol. The Morgan fingerprint density at radius 2 is 1.64 bits per heavy atom. The highest BCUT2D eigenvalue weighted by Crippen LogP contribution is 2.41. The van der Waals surface area contributed by atoms with E-state index in [1.54, 1.807) is 11.8 Å². The van der Waals surface area contributed by atoms with Crippen LogP contribution in [0.4, 0.5) is 13.2 Å². The highest BCUT2D eigenvalue weighted by molar-refractivity contribution is 8.00. The molecule has 2 saturated heterocycles. The average molecular weight is 545 g/mol. The first-order chi connectivity index (χ1) is 17.0. The van der Waals surface area contributed by atoms with Crippen LogP contribution in [0.3, 0.4) is 0 Å². The van der Waals surface area contributed by atoms with Gasteiger partial charge in [0.1, 0.15) is 5.82 Å². The normalized spacial score (nSPS) is 26.7. The van der Waals surface area contributed by atoms with Crippen LogP contribution in [0.15, 0.2) is 12.1 Å². The highest BCUT2D eigenvalue weighted by Gasteiger charge is 2.45. The SMILES string of the molecule is CC(C)(C)[S@](=O)N[C@H](Cc1cc(F)c(F)cc1F)C1C[C@H]2CC[C@@H](C1)N2C(=O)CSC1CCCCC1. The summed E-state index contributed by atoms with van der Waals surface area (Å²) in [5.74, 6) is -2.30. The van der Waals surface area contributed by atoms with E-state index in [0.717, 1.165) is 31.7 Å². The van der Waals surface area contributed by atoms with E-state index in [1.165, 1.54) is 32.1 Å². The predicted molar refractivity (Wildman–Crippen MR) is 141 cm³/mol. The van der Waals surface area contributed by atoms with Gasteiger partial charge >= 0.3 is 0 Å². The lowest BCUT2D eigenvalue weighted by Crippen LogP contribution is -2.53. The van der Waals surface area contributed by atoms with E-state index in [9.17, 15) is 22.2 Å². The summed E-state index contributed by atoms with van der Waals surface area (Å²) in [7, 11) is -1.41. The van der Waals surface area contributed by atoms with E-state index < -0.39 is 33.2 Å². The van der Waals surface area contributed by atoms with Crippen molar-refractivity contribution < 1.29 is 22.2 Å². The van der Waals surface area contributed by atoms with E-state index in [0.29, 0.717) is 17.1 Å². The van der Waals surface area contributed by atoms with Crippen molar-refractivity contribution in [2.75, 3.05) is 5.75 Å². The Kier molecular flexibility index (Phi) is 9.14. The molecule has 4 rings (SSSR count). The number of amides is 1. The molecule has 1 saturated carbocycles. The molecule has 202 valence electrons. The van der Waals surface area contributed by atoms with Crippen molar-refractivity contribution in [3.8, 4) is 0 Å². The second-order valence-electron chi connectivity index (χ2n) is 11.7. The predicted octanol–water partition coefficient (Wildman–Crippen LogP) is 5.90. The van der Waals surface area contributed by atoms with Crippen molar-refractivity contribution in [3.63, 3.8) is 0 Å². The number of hydrogen-bond donors (Lipinski definition) is 1. The fourth-order valence-electron chi connectivity index (χ4n) is 6.03. The lowest BCUT2D eigenvalue weighted by Gasteiger charge is -2.42. The van der Waals surface area contributed by atoms with Crippen LogP contribution < -0.4 is 4.72 Å². The van der Waals surface area contributed by atoms with Gasteiger partial charge in [-0.3, -0.25) is 4.79 Å². The molecule has 0 radical (unpaired) electrons. The van der Waals surface area contributed by atoms with Crippen molar-refractivity contribution in [3.05, 3.63) is 35.1 Å². The maximum atomic E-state index is 14.5. The number of nitrogens with zero attached hydrogens (tertiary/aromatic N) is 1. The van der Waals surface area contributed by atoms with Crippen LogP contribution in [0.5, 0.6) is 0 Å². The largest absolute Gasteiger partial charge is 0.336 e. The lowest BCUT2D eigenvalue weighted by atomic mass is 9.82. The van der Waals surface area contributed by atoms with Gasteiger partial charge in [-0.25, -0.2) is 22.1 Å². The van der Waals surface area contributed by atoms with Crippen LogP contribution >= 0.6 is 11.8 Å². The monoisotopic (exact) mass is 544 g/mol. The number of nitrogens with one attached hydrogen (secondary N) is 1. The molecule has 5 atom stereocenters. The van der Waals surface area contributed by atoms with Crippen LogP contribution in [-0.2, 0) is 22.2 Å². The standard InChI is InChI=1S/C27H39F3N2O2S2/c1-27(2,3)36(34)31-25(14-17-13-23(29)24(30)15-22(17)28)18-11-19-9-10-20(12-18)32(19)26(33)16-35-21-7-5-4-6-8-21/h13,15,18-21,25,31H,4-12,14,16H2,1-3H3/t18?,19-,20+,25-,36+/m1/s1. The van der Waals surface area contributed by atoms with Crippen LogP contribution in [0.25, 0.3) is 0 Å². The molecule has 9 heteroatoms. The summed E-state index contributed by atoms with van der Waals surface area (Å²) < 4.78 is 57.6. The molecule has 1 aromatic rings. The second kappa shape index (κ2) is 11.8. The van der Waals surface area contributed by atoms with Crippen molar-refractivity contribution in [2.24, 2.45) is 5.92 Å². The maximum Gasteiger partial charge on any atom is 0.233 e. The number of fused-ring (bicyclic) bond motifs is 2. The summed E-state index contributed by atoms with van der Waals surface area (Å²) in [6.45, 7) is 5.58. The highest BCUT2D eigenvalue weighted by atomic mass is 32.2.